The predicted octanol–water partition coefficient (Wildman–Crippen LogP) is 1.51. The molecular weight excluding hydrogens is 340 g/mol. The molecule has 1 aliphatic rings. The molecule has 2 heterocycles. The van der Waals surface area contributed by atoms with Gasteiger partial charge in [-0.05, 0) is 38.7 Å². The third kappa shape index (κ3) is 3.42. The fourth-order valence-corrected chi connectivity index (χ4v) is 4.81. The lowest BCUT2D eigenvalue weighted by Gasteiger charge is -2.35. The normalized spacial score (nSPS) is 18.4. The van der Waals surface area contributed by atoms with Gasteiger partial charge in [0, 0.05) is 19.3 Å². The summed E-state index contributed by atoms with van der Waals surface area (Å²) in [4.78, 5) is 6.45. The average Bonchev–Trinajstić information content (AvgIpc) is 3.02. The number of nitrogens with zero attached hydrogens (tertiary/aromatic N) is 4. The first-order valence-corrected chi connectivity index (χ1v) is 9.57. The van der Waals surface area contributed by atoms with Gasteiger partial charge in [0.2, 0.25) is 10.0 Å². The smallest absolute Gasteiger partial charge is 0.247 e. The number of hydrogen-bond donors (Lipinski definition) is 0. The predicted molar refractivity (Wildman–Crippen MR) is 95.1 cm³/mol. The van der Waals surface area contributed by atoms with E-state index in [0.29, 0.717) is 18.8 Å². The van der Waals surface area contributed by atoms with E-state index in [2.05, 4.69) is 14.5 Å². The molecule has 0 saturated heterocycles. The third-order valence-electron chi connectivity index (χ3n) is 4.41. The minimum atomic E-state index is -3.66. The molecular formula is C17H24N4O3S. The topological polar surface area (TPSA) is 67.7 Å². The lowest BCUT2D eigenvalue weighted by molar-refractivity contribution is 0.233. The maximum absolute atomic E-state index is 13.2. The summed E-state index contributed by atoms with van der Waals surface area (Å²) in [5.74, 6) is 0.378. The molecule has 0 spiro atoms. The number of fused-ring (bicyclic) bond motifs is 1. The number of hydrogen-bond acceptors (Lipinski definition) is 5. The average molecular weight is 364 g/mol. The van der Waals surface area contributed by atoms with Crippen LogP contribution >= 0.6 is 0 Å². The van der Waals surface area contributed by atoms with Gasteiger partial charge in [0.1, 0.15) is 10.6 Å². The first kappa shape index (κ1) is 17.9. The summed E-state index contributed by atoms with van der Waals surface area (Å²) in [7, 11) is 1.79. The number of sulfonamides is 1. The van der Waals surface area contributed by atoms with E-state index in [0.717, 1.165) is 17.8 Å². The van der Waals surface area contributed by atoms with E-state index in [1.807, 2.05) is 21.0 Å². The standard InChI is InChI=1S/C17H24N4O3S/c1-13-5-6-17(16(7-13)24-4)25(22,23)20-10-14-8-18-12-21(14)15(11-20)9-19(2)3/h5-8,12,15H,9-11H2,1-4H3/t15-/m0/s1. The summed E-state index contributed by atoms with van der Waals surface area (Å²) in [6, 6.07) is 5.18. The minimum Gasteiger partial charge on any atom is -0.495 e. The van der Waals surface area contributed by atoms with E-state index in [-0.39, 0.29) is 10.9 Å². The highest BCUT2D eigenvalue weighted by Crippen LogP contribution is 2.32. The van der Waals surface area contributed by atoms with Crippen molar-refractivity contribution in [2.24, 2.45) is 0 Å². The molecule has 25 heavy (non-hydrogen) atoms. The zero-order valence-corrected chi connectivity index (χ0v) is 15.8. The highest BCUT2D eigenvalue weighted by molar-refractivity contribution is 7.89. The van der Waals surface area contributed by atoms with Crippen LogP contribution < -0.4 is 4.74 Å². The van der Waals surface area contributed by atoms with Crippen molar-refractivity contribution < 1.29 is 13.2 Å². The Morgan fingerprint density at radius 1 is 1.36 bits per heavy atom. The van der Waals surface area contributed by atoms with Gasteiger partial charge in [-0.1, -0.05) is 6.07 Å². The summed E-state index contributed by atoms with van der Waals surface area (Å²) in [5, 5.41) is 0. The van der Waals surface area contributed by atoms with Crippen LogP contribution in [0.2, 0.25) is 0 Å². The van der Waals surface area contributed by atoms with Crippen LogP contribution in [0.25, 0.3) is 0 Å². The SMILES string of the molecule is COc1cc(C)ccc1S(=O)(=O)N1Cc2cncn2[C@@H](CN(C)C)C1. The number of aromatic nitrogens is 2. The van der Waals surface area contributed by atoms with Crippen molar-refractivity contribution in [3.8, 4) is 5.75 Å². The van der Waals surface area contributed by atoms with Gasteiger partial charge in [0.25, 0.3) is 0 Å². The molecule has 0 amide bonds. The number of ether oxygens (including phenoxy) is 1. The van der Waals surface area contributed by atoms with Crippen LogP contribution in [0.5, 0.6) is 5.75 Å². The molecule has 3 rings (SSSR count). The van der Waals surface area contributed by atoms with E-state index in [9.17, 15) is 8.42 Å². The number of benzene rings is 1. The second kappa shape index (κ2) is 6.78. The first-order chi connectivity index (χ1) is 11.8. The number of methoxy groups -OCH3 is 1. The van der Waals surface area contributed by atoms with Gasteiger partial charge in [-0.25, -0.2) is 13.4 Å². The van der Waals surface area contributed by atoms with Crippen molar-refractivity contribution in [3.63, 3.8) is 0 Å². The van der Waals surface area contributed by atoms with E-state index in [1.54, 1.807) is 30.7 Å². The minimum absolute atomic E-state index is 0.0208. The Bertz CT molecular complexity index is 861. The number of likely N-dealkylation sites (N-methyl/N-ethyl adjacent to an activating group) is 1. The van der Waals surface area contributed by atoms with Gasteiger partial charge in [-0.15, -0.1) is 0 Å². The Hall–Kier alpha value is -1.90. The van der Waals surface area contributed by atoms with Crippen LogP contribution in [-0.4, -0.2) is 61.5 Å². The lowest BCUT2D eigenvalue weighted by Crippen LogP contribution is -2.43. The summed E-state index contributed by atoms with van der Waals surface area (Å²) in [6.07, 6.45) is 3.51. The van der Waals surface area contributed by atoms with Crippen molar-refractivity contribution in [1.29, 1.82) is 0 Å². The largest absolute Gasteiger partial charge is 0.495 e. The molecule has 7 nitrogen and oxygen atoms in total. The zero-order valence-electron chi connectivity index (χ0n) is 15.0. The molecule has 2 aromatic rings. The maximum Gasteiger partial charge on any atom is 0.247 e. The second-order valence-electron chi connectivity index (χ2n) is 6.66. The van der Waals surface area contributed by atoms with Crippen LogP contribution in [0, 0.1) is 6.92 Å². The Kier molecular flexibility index (Phi) is 4.86. The molecule has 0 saturated carbocycles. The summed E-state index contributed by atoms with van der Waals surface area (Å²) >= 11 is 0. The first-order valence-electron chi connectivity index (χ1n) is 8.13. The maximum atomic E-state index is 13.2. The highest BCUT2D eigenvalue weighted by Gasteiger charge is 2.35. The van der Waals surface area contributed by atoms with Crippen LogP contribution in [-0.2, 0) is 16.6 Å². The Morgan fingerprint density at radius 2 is 2.12 bits per heavy atom. The van der Waals surface area contributed by atoms with Crippen molar-refractivity contribution in [2.45, 2.75) is 24.4 Å². The molecule has 0 aliphatic carbocycles. The number of imidazole rings is 1. The number of aryl methyl sites for hydroxylation is 1. The molecule has 1 aliphatic heterocycles. The van der Waals surface area contributed by atoms with E-state index < -0.39 is 10.0 Å². The van der Waals surface area contributed by atoms with E-state index in [4.69, 9.17) is 4.74 Å². The molecule has 8 heteroatoms. The summed E-state index contributed by atoms with van der Waals surface area (Å²) in [5.41, 5.74) is 1.85. The highest BCUT2D eigenvalue weighted by atomic mass is 32.2. The van der Waals surface area contributed by atoms with Crippen LogP contribution in [0.3, 0.4) is 0 Å². The third-order valence-corrected chi connectivity index (χ3v) is 6.26. The Balaban J connectivity index is 1.99. The van der Waals surface area contributed by atoms with Crippen molar-refractivity contribution in [2.75, 3.05) is 34.3 Å². The second-order valence-corrected chi connectivity index (χ2v) is 8.57. The van der Waals surface area contributed by atoms with Crippen molar-refractivity contribution in [1.82, 2.24) is 18.8 Å². The van der Waals surface area contributed by atoms with Crippen molar-refractivity contribution in [3.05, 3.63) is 42.0 Å². The molecule has 0 bridgehead atoms. The quantitative estimate of drug-likeness (QED) is 0.804. The van der Waals surface area contributed by atoms with Crippen molar-refractivity contribution >= 4 is 10.0 Å². The van der Waals surface area contributed by atoms with Crippen LogP contribution in [0.4, 0.5) is 0 Å². The van der Waals surface area contributed by atoms with Crippen LogP contribution in [0.15, 0.2) is 35.6 Å². The molecule has 1 aromatic heterocycles. The monoisotopic (exact) mass is 364 g/mol. The van der Waals surface area contributed by atoms with Gasteiger partial charge in [-0.2, -0.15) is 4.31 Å². The summed E-state index contributed by atoms with van der Waals surface area (Å²) < 4.78 is 35.4. The number of rotatable bonds is 5. The van der Waals surface area contributed by atoms with Gasteiger partial charge < -0.3 is 14.2 Å². The molecule has 0 N–H and O–H groups in total. The lowest BCUT2D eigenvalue weighted by atomic mass is 10.2. The molecule has 136 valence electrons. The van der Waals surface area contributed by atoms with E-state index >= 15 is 0 Å². The van der Waals surface area contributed by atoms with Gasteiger partial charge in [0.05, 0.1) is 31.7 Å². The van der Waals surface area contributed by atoms with Gasteiger partial charge in [-0.3, -0.25) is 0 Å². The summed E-state index contributed by atoms with van der Waals surface area (Å²) in [6.45, 7) is 3.36. The fraction of sp³-hybridized carbons (Fsp3) is 0.471. The molecule has 1 atom stereocenters. The van der Waals surface area contributed by atoms with Gasteiger partial charge >= 0.3 is 0 Å². The van der Waals surface area contributed by atoms with Gasteiger partial charge in [0.15, 0.2) is 0 Å². The molecule has 0 fully saturated rings. The molecule has 0 radical (unpaired) electrons. The zero-order chi connectivity index (χ0) is 18.2. The molecule has 1 aromatic carbocycles. The Labute approximate surface area is 148 Å². The van der Waals surface area contributed by atoms with E-state index in [1.165, 1.54) is 11.4 Å². The molecule has 0 unspecified atom stereocenters. The van der Waals surface area contributed by atoms with Crippen LogP contribution in [0.1, 0.15) is 17.3 Å². The Morgan fingerprint density at radius 3 is 2.80 bits per heavy atom. The fourth-order valence-electron chi connectivity index (χ4n) is 3.23.